The molecule has 0 radical (unpaired) electrons. The Hall–Kier alpha value is 0.170. The van der Waals surface area contributed by atoms with Gasteiger partial charge in [0.25, 0.3) is 10.1 Å². The second kappa shape index (κ2) is 9.46. The average molecular weight is 379 g/mol. The molecule has 0 saturated heterocycles. The smallest absolute Gasteiger partial charge is 0.338 e. The van der Waals surface area contributed by atoms with Crippen LogP contribution < -0.4 is 0 Å². The van der Waals surface area contributed by atoms with Crippen molar-refractivity contribution < 1.29 is 35.0 Å². The van der Waals surface area contributed by atoms with Crippen LogP contribution in [0, 0.1) is 0 Å². The fourth-order valence-corrected chi connectivity index (χ4v) is 4.87. The minimum absolute atomic E-state index is 0.0620. The van der Waals surface area contributed by atoms with Gasteiger partial charge in [-0.2, -0.15) is 8.42 Å². The molecule has 1 atom stereocenters. The van der Waals surface area contributed by atoms with E-state index in [2.05, 4.69) is 0 Å². The van der Waals surface area contributed by atoms with Crippen molar-refractivity contribution in [3.63, 3.8) is 0 Å². The molecule has 0 aliphatic heterocycles. The van der Waals surface area contributed by atoms with E-state index in [4.69, 9.17) is 13.2 Å². The summed E-state index contributed by atoms with van der Waals surface area (Å²) in [4.78, 5) is 0. The van der Waals surface area contributed by atoms with Crippen molar-refractivity contribution in [2.75, 3.05) is 31.3 Å². The summed E-state index contributed by atoms with van der Waals surface area (Å²) in [5.41, 5.74) is 0. The maximum Gasteiger partial charge on any atom is 0.338 e. The standard InChI is InChI=1S/C11H25O8PS2/c1-5-17-20(12,18-6-2)11(3,4)10-19-22(15,16)9-7-8-21(13)14/h5-10H2,1-4H3,(H,13,14)/p-1. The molecule has 0 aliphatic rings. The first kappa shape index (κ1) is 22.2. The predicted molar refractivity (Wildman–Crippen MR) is 83.1 cm³/mol. The highest BCUT2D eigenvalue weighted by molar-refractivity contribution is 7.86. The minimum atomic E-state index is -3.91. The molecular weight excluding hydrogens is 355 g/mol. The average Bonchev–Trinajstić information content (AvgIpc) is 2.36. The Morgan fingerprint density at radius 3 is 2.09 bits per heavy atom. The molecule has 0 aliphatic carbocycles. The van der Waals surface area contributed by atoms with E-state index in [1.165, 1.54) is 13.8 Å². The molecule has 0 saturated carbocycles. The first-order valence-electron chi connectivity index (χ1n) is 6.82. The molecule has 11 heteroatoms. The lowest BCUT2D eigenvalue weighted by molar-refractivity contribution is 0.181. The predicted octanol–water partition coefficient (Wildman–Crippen LogP) is 1.65. The molecule has 0 aromatic heterocycles. The molecule has 134 valence electrons. The van der Waals surface area contributed by atoms with Crippen LogP contribution in [-0.2, 0) is 39.0 Å². The molecule has 0 fully saturated rings. The van der Waals surface area contributed by atoms with Crippen LogP contribution in [0.3, 0.4) is 0 Å². The van der Waals surface area contributed by atoms with Crippen LogP contribution in [0.15, 0.2) is 0 Å². The highest BCUT2D eigenvalue weighted by atomic mass is 32.2. The van der Waals surface area contributed by atoms with Gasteiger partial charge in [0.05, 0.1) is 30.7 Å². The summed E-state index contributed by atoms with van der Waals surface area (Å²) in [6.45, 7) is 6.30. The van der Waals surface area contributed by atoms with Crippen molar-refractivity contribution in [1.82, 2.24) is 0 Å². The third-order valence-corrected chi connectivity index (χ3v) is 7.33. The van der Waals surface area contributed by atoms with Crippen LogP contribution in [0.4, 0.5) is 0 Å². The van der Waals surface area contributed by atoms with Gasteiger partial charge in [0, 0.05) is 5.75 Å². The van der Waals surface area contributed by atoms with Gasteiger partial charge in [-0.15, -0.1) is 0 Å². The topological polar surface area (TPSA) is 119 Å². The second-order valence-corrected chi connectivity index (χ2v) is 10.5. The molecular formula is C11H24O8PS2-. The van der Waals surface area contributed by atoms with Crippen molar-refractivity contribution in [2.24, 2.45) is 0 Å². The van der Waals surface area contributed by atoms with Gasteiger partial charge in [0.15, 0.2) is 0 Å². The lowest BCUT2D eigenvalue weighted by Gasteiger charge is -2.32. The molecule has 0 aromatic rings. The lowest BCUT2D eigenvalue weighted by atomic mass is 10.2. The quantitative estimate of drug-likeness (QED) is 0.285. The third-order valence-electron chi connectivity index (χ3n) is 2.64. The minimum Gasteiger partial charge on any atom is -0.772 e. The van der Waals surface area contributed by atoms with E-state index in [1.54, 1.807) is 13.8 Å². The summed E-state index contributed by atoms with van der Waals surface area (Å²) < 4.78 is 72.0. The number of hydrogen-bond donors (Lipinski definition) is 0. The van der Waals surface area contributed by atoms with Crippen LogP contribution in [-0.4, -0.2) is 53.7 Å². The molecule has 0 rings (SSSR count). The first-order chi connectivity index (χ1) is 9.99. The monoisotopic (exact) mass is 379 g/mol. The lowest BCUT2D eigenvalue weighted by Crippen LogP contribution is -2.31. The van der Waals surface area contributed by atoms with E-state index in [1.807, 2.05) is 0 Å². The van der Waals surface area contributed by atoms with Crippen LogP contribution in [0.1, 0.15) is 34.1 Å². The van der Waals surface area contributed by atoms with Crippen molar-refractivity contribution >= 4 is 28.8 Å². The van der Waals surface area contributed by atoms with Gasteiger partial charge in [-0.05, 0) is 34.1 Å². The molecule has 0 heterocycles. The fourth-order valence-electron chi connectivity index (χ4n) is 1.45. The van der Waals surface area contributed by atoms with Crippen molar-refractivity contribution in [1.29, 1.82) is 0 Å². The molecule has 0 N–H and O–H groups in total. The van der Waals surface area contributed by atoms with Gasteiger partial charge in [0.1, 0.15) is 0 Å². The van der Waals surface area contributed by atoms with E-state index < -0.39 is 39.7 Å². The Labute approximate surface area is 134 Å². The van der Waals surface area contributed by atoms with E-state index in [9.17, 15) is 21.7 Å². The number of rotatable bonds is 12. The summed E-state index contributed by atoms with van der Waals surface area (Å²) in [7, 11) is -7.44. The SMILES string of the molecule is CCOP(=O)(OCC)C(C)(C)COS(=O)(=O)CCCS(=O)[O-]. The maximum absolute atomic E-state index is 12.7. The van der Waals surface area contributed by atoms with Gasteiger partial charge in [-0.25, -0.2) is 0 Å². The molecule has 0 spiro atoms. The van der Waals surface area contributed by atoms with E-state index in [0.717, 1.165) is 0 Å². The number of hydrogen-bond acceptors (Lipinski definition) is 8. The van der Waals surface area contributed by atoms with E-state index >= 15 is 0 Å². The van der Waals surface area contributed by atoms with Crippen molar-refractivity contribution in [2.45, 2.75) is 39.3 Å². The van der Waals surface area contributed by atoms with Crippen molar-refractivity contribution in [3.05, 3.63) is 0 Å². The second-order valence-electron chi connectivity index (χ2n) is 5.03. The Bertz CT molecular complexity index is 492. The van der Waals surface area contributed by atoms with Gasteiger partial charge in [0.2, 0.25) is 0 Å². The van der Waals surface area contributed by atoms with Gasteiger partial charge in [-0.3, -0.25) is 13.0 Å². The van der Waals surface area contributed by atoms with Gasteiger partial charge < -0.3 is 13.6 Å². The third kappa shape index (κ3) is 7.63. The first-order valence-corrected chi connectivity index (χ1v) is 11.2. The van der Waals surface area contributed by atoms with Crippen LogP contribution in [0.2, 0.25) is 0 Å². The molecule has 1 unspecified atom stereocenters. The normalized spacial score (nSPS) is 15.0. The largest absolute Gasteiger partial charge is 0.772 e. The summed E-state index contributed by atoms with van der Waals surface area (Å²) in [5.74, 6) is -0.688. The highest BCUT2D eigenvalue weighted by Gasteiger charge is 2.44. The summed E-state index contributed by atoms with van der Waals surface area (Å²) in [6, 6.07) is 0. The molecule has 0 bridgehead atoms. The van der Waals surface area contributed by atoms with Crippen LogP contribution in [0.25, 0.3) is 0 Å². The van der Waals surface area contributed by atoms with E-state index in [0.29, 0.717) is 0 Å². The zero-order valence-electron chi connectivity index (χ0n) is 13.3. The fraction of sp³-hybridized carbons (Fsp3) is 1.00. The van der Waals surface area contributed by atoms with Crippen LogP contribution in [0.5, 0.6) is 0 Å². The highest BCUT2D eigenvalue weighted by Crippen LogP contribution is 2.59. The Kier molecular flexibility index (Phi) is 9.54. The summed E-state index contributed by atoms with van der Waals surface area (Å²) in [5, 5.41) is -1.16. The summed E-state index contributed by atoms with van der Waals surface area (Å²) >= 11 is -2.30. The zero-order chi connectivity index (χ0) is 17.4. The Morgan fingerprint density at radius 2 is 1.68 bits per heavy atom. The molecule has 8 nitrogen and oxygen atoms in total. The van der Waals surface area contributed by atoms with Crippen LogP contribution >= 0.6 is 7.60 Å². The summed E-state index contributed by atoms with van der Waals surface area (Å²) in [6.07, 6.45) is -0.0620. The maximum atomic E-state index is 12.7. The molecule has 0 amide bonds. The Morgan fingerprint density at radius 1 is 1.18 bits per heavy atom. The van der Waals surface area contributed by atoms with Gasteiger partial charge >= 0.3 is 7.60 Å². The Balaban J connectivity index is 4.76. The molecule has 0 aromatic carbocycles. The zero-order valence-corrected chi connectivity index (χ0v) is 15.8. The van der Waals surface area contributed by atoms with Crippen molar-refractivity contribution in [3.8, 4) is 0 Å². The molecule has 22 heavy (non-hydrogen) atoms. The van der Waals surface area contributed by atoms with Gasteiger partial charge in [-0.1, -0.05) is 11.1 Å². The van der Waals surface area contributed by atoms with E-state index in [-0.39, 0.29) is 32.0 Å².